The molecule has 1 atom stereocenters. The number of hydrogen-bond donors (Lipinski definition) is 1. The van der Waals surface area contributed by atoms with E-state index in [1.54, 1.807) is 20.2 Å². The Kier molecular flexibility index (Phi) is 5.75. The Bertz CT molecular complexity index is 886. The predicted molar refractivity (Wildman–Crippen MR) is 104 cm³/mol. The van der Waals surface area contributed by atoms with E-state index in [0.29, 0.717) is 22.3 Å². The van der Waals surface area contributed by atoms with Gasteiger partial charge in [0, 0.05) is 25.2 Å². The van der Waals surface area contributed by atoms with E-state index in [1.165, 1.54) is 40.9 Å². The van der Waals surface area contributed by atoms with E-state index in [1.807, 2.05) is 18.2 Å². The number of rotatable bonds is 5. The molecule has 3 rings (SSSR count). The smallest absolute Gasteiger partial charge is 0.242 e. The van der Waals surface area contributed by atoms with Crippen molar-refractivity contribution in [3.05, 3.63) is 54.3 Å². The Hall–Kier alpha value is -2.87. The number of amidine groups is 1. The van der Waals surface area contributed by atoms with Crippen LogP contribution < -0.4 is 10.1 Å². The lowest BCUT2D eigenvalue weighted by Crippen LogP contribution is -2.30. The third-order valence-electron chi connectivity index (χ3n) is 3.92. The Morgan fingerprint density at radius 1 is 1.30 bits per heavy atom. The molecule has 1 saturated heterocycles. The molecule has 1 fully saturated rings. The average molecular weight is 387 g/mol. The van der Waals surface area contributed by atoms with Gasteiger partial charge in [-0.05, 0) is 36.4 Å². The van der Waals surface area contributed by atoms with Crippen molar-refractivity contribution in [3.8, 4) is 5.75 Å². The fourth-order valence-corrected chi connectivity index (χ4v) is 3.66. The van der Waals surface area contributed by atoms with Gasteiger partial charge in [0.25, 0.3) is 0 Å². The highest BCUT2D eigenvalue weighted by Crippen LogP contribution is 2.31. The van der Waals surface area contributed by atoms with E-state index >= 15 is 0 Å². The van der Waals surface area contributed by atoms with Crippen molar-refractivity contribution in [3.63, 3.8) is 0 Å². The van der Waals surface area contributed by atoms with Gasteiger partial charge < -0.3 is 10.1 Å². The number of nitrogens with zero attached hydrogens (tertiary/aromatic N) is 2. The molecular formula is C19H18FN3O3S. The normalized spacial score (nSPS) is 18.0. The molecule has 0 unspecified atom stereocenters. The van der Waals surface area contributed by atoms with Crippen LogP contribution >= 0.6 is 11.8 Å². The Morgan fingerprint density at radius 2 is 2.04 bits per heavy atom. The fourth-order valence-electron chi connectivity index (χ4n) is 2.50. The topological polar surface area (TPSA) is 71.0 Å². The van der Waals surface area contributed by atoms with E-state index in [9.17, 15) is 14.0 Å². The van der Waals surface area contributed by atoms with E-state index in [-0.39, 0.29) is 24.1 Å². The second-order valence-corrected chi connectivity index (χ2v) is 7.03. The summed E-state index contributed by atoms with van der Waals surface area (Å²) in [5.74, 6) is -0.210. The lowest BCUT2D eigenvalue weighted by Gasteiger charge is -2.09. The molecule has 0 radical (unpaired) electrons. The van der Waals surface area contributed by atoms with Gasteiger partial charge >= 0.3 is 0 Å². The van der Waals surface area contributed by atoms with Crippen molar-refractivity contribution in [2.75, 3.05) is 19.5 Å². The number of amides is 2. The summed E-state index contributed by atoms with van der Waals surface area (Å²) in [6.45, 7) is 0. The summed E-state index contributed by atoms with van der Waals surface area (Å²) >= 11 is 1.24. The SMILES string of the molecule is COc1cccc(N=C2S[C@@H](CC(=O)Nc3ccc(F)cc3)C(=O)N2C)c1. The van der Waals surface area contributed by atoms with Gasteiger partial charge in [-0.2, -0.15) is 0 Å². The average Bonchev–Trinajstić information content (AvgIpc) is 2.91. The van der Waals surface area contributed by atoms with Crippen LogP contribution in [0.4, 0.5) is 15.8 Å². The van der Waals surface area contributed by atoms with Crippen molar-refractivity contribution in [2.24, 2.45) is 4.99 Å². The van der Waals surface area contributed by atoms with Gasteiger partial charge in [-0.3, -0.25) is 14.5 Å². The highest BCUT2D eigenvalue weighted by Gasteiger charge is 2.37. The monoisotopic (exact) mass is 387 g/mol. The Labute approximate surface area is 160 Å². The quantitative estimate of drug-likeness (QED) is 0.853. The summed E-state index contributed by atoms with van der Waals surface area (Å²) in [7, 11) is 3.20. The van der Waals surface area contributed by atoms with Crippen LogP contribution in [0.2, 0.25) is 0 Å². The number of ether oxygens (including phenoxy) is 1. The van der Waals surface area contributed by atoms with E-state index in [0.717, 1.165) is 0 Å². The molecule has 0 aliphatic carbocycles. The summed E-state index contributed by atoms with van der Waals surface area (Å²) in [6.07, 6.45) is 0.00233. The van der Waals surface area contributed by atoms with E-state index in [4.69, 9.17) is 4.74 Å². The molecule has 140 valence electrons. The number of aliphatic imine (C=N–C) groups is 1. The molecule has 6 nitrogen and oxygen atoms in total. The first-order valence-electron chi connectivity index (χ1n) is 8.18. The molecule has 0 aromatic heterocycles. The summed E-state index contributed by atoms with van der Waals surface area (Å²) in [4.78, 5) is 30.6. The van der Waals surface area contributed by atoms with Crippen LogP contribution in [0, 0.1) is 5.82 Å². The minimum Gasteiger partial charge on any atom is -0.497 e. The lowest BCUT2D eigenvalue weighted by molar-refractivity contribution is -0.127. The number of benzene rings is 2. The number of carbonyl (C=O) groups excluding carboxylic acids is 2. The maximum atomic E-state index is 12.9. The van der Waals surface area contributed by atoms with Gasteiger partial charge in [-0.25, -0.2) is 9.38 Å². The van der Waals surface area contributed by atoms with Crippen LogP contribution in [0.5, 0.6) is 5.75 Å². The minimum atomic E-state index is -0.556. The van der Waals surface area contributed by atoms with Crippen molar-refractivity contribution < 1.29 is 18.7 Å². The summed E-state index contributed by atoms with van der Waals surface area (Å²) in [5.41, 5.74) is 1.14. The number of nitrogens with one attached hydrogen (secondary N) is 1. The highest BCUT2D eigenvalue weighted by molar-refractivity contribution is 8.15. The molecule has 2 aromatic rings. The largest absolute Gasteiger partial charge is 0.497 e. The number of hydrogen-bond acceptors (Lipinski definition) is 5. The zero-order chi connectivity index (χ0) is 19.4. The van der Waals surface area contributed by atoms with E-state index < -0.39 is 5.25 Å². The van der Waals surface area contributed by atoms with Gasteiger partial charge in [0.15, 0.2) is 5.17 Å². The maximum absolute atomic E-state index is 12.9. The first kappa shape index (κ1) is 18.9. The van der Waals surface area contributed by atoms with Crippen molar-refractivity contribution >= 4 is 40.1 Å². The molecule has 0 saturated carbocycles. The predicted octanol–water partition coefficient (Wildman–Crippen LogP) is 3.42. The molecule has 2 amide bonds. The maximum Gasteiger partial charge on any atom is 0.242 e. The Morgan fingerprint density at radius 3 is 2.74 bits per heavy atom. The molecule has 1 aliphatic rings. The van der Waals surface area contributed by atoms with Gasteiger partial charge in [-0.15, -0.1) is 0 Å². The number of carbonyl (C=O) groups is 2. The van der Waals surface area contributed by atoms with Gasteiger partial charge in [0.1, 0.15) is 16.8 Å². The van der Waals surface area contributed by atoms with Crippen LogP contribution in [0.25, 0.3) is 0 Å². The van der Waals surface area contributed by atoms with Crippen LogP contribution in [0.15, 0.2) is 53.5 Å². The van der Waals surface area contributed by atoms with Gasteiger partial charge in [-0.1, -0.05) is 17.8 Å². The number of thioether (sulfide) groups is 1. The molecular weight excluding hydrogens is 369 g/mol. The highest BCUT2D eigenvalue weighted by atomic mass is 32.2. The van der Waals surface area contributed by atoms with E-state index in [2.05, 4.69) is 10.3 Å². The van der Waals surface area contributed by atoms with Gasteiger partial charge in [0.2, 0.25) is 11.8 Å². The second-order valence-electron chi connectivity index (χ2n) is 5.86. The zero-order valence-electron chi connectivity index (χ0n) is 14.8. The minimum absolute atomic E-state index is 0.00233. The molecule has 0 spiro atoms. The molecule has 1 heterocycles. The number of methoxy groups -OCH3 is 1. The Balaban J connectivity index is 1.67. The number of anilines is 1. The summed E-state index contributed by atoms with van der Waals surface area (Å²) in [6, 6.07) is 12.7. The third-order valence-corrected chi connectivity index (χ3v) is 5.15. The summed E-state index contributed by atoms with van der Waals surface area (Å²) in [5, 5.41) is 2.63. The van der Waals surface area contributed by atoms with Crippen LogP contribution in [-0.4, -0.2) is 41.3 Å². The zero-order valence-corrected chi connectivity index (χ0v) is 15.6. The van der Waals surface area contributed by atoms with Crippen molar-refractivity contribution in [1.82, 2.24) is 4.90 Å². The van der Waals surface area contributed by atoms with Crippen LogP contribution in [0.3, 0.4) is 0 Å². The van der Waals surface area contributed by atoms with Crippen LogP contribution in [-0.2, 0) is 9.59 Å². The molecule has 0 bridgehead atoms. The molecule has 1 aliphatic heterocycles. The summed E-state index contributed by atoms with van der Waals surface area (Å²) < 4.78 is 18.1. The molecule has 2 aromatic carbocycles. The lowest BCUT2D eigenvalue weighted by atomic mass is 10.2. The molecule has 1 N–H and O–H groups in total. The van der Waals surface area contributed by atoms with Crippen molar-refractivity contribution in [1.29, 1.82) is 0 Å². The standard InChI is InChI=1S/C19H18FN3O3S/c1-23-18(25)16(11-17(24)21-13-8-6-12(20)7-9-13)27-19(23)22-14-4-3-5-15(10-14)26-2/h3-10,16H,11H2,1-2H3,(H,21,24)/t16-/m0/s1. The number of halogens is 1. The fraction of sp³-hybridized carbons (Fsp3) is 0.211. The van der Waals surface area contributed by atoms with Crippen LogP contribution in [0.1, 0.15) is 6.42 Å². The third kappa shape index (κ3) is 4.65. The molecule has 27 heavy (non-hydrogen) atoms. The van der Waals surface area contributed by atoms with Gasteiger partial charge in [0.05, 0.1) is 12.8 Å². The van der Waals surface area contributed by atoms with Crippen molar-refractivity contribution in [2.45, 2.75) is 11.7 Å². The first-order valence-corrected chi connectivity index (χ1v) is 9.06. The first-order chi connectivity index (χ1) is 13.0. The molecule has 8 heteroatoms. The second kappa shape index (κ2) is 8.22.